The van der Waals surface area contributed by atoms with Crippen molar-refractivity contribution in [1.82, 2.24) is 9.97 Å². The predicted molar refractivity (Wildman–Crippen MR) is 175 cm³/mol. The van der Waals surface area contributed by atoms with Gasteiger partial charge in [0.1, 0.15) is 5.60 Å². The van der Waals surface area contributed by atoms with Crippen molar-refractivity contribution in [3.63, 3.8) is 0 Å². The number of amides is 1. The van der Waals surface area contributed by atoms with Crippen molar-refractivity contribution >= 4 is 17.5 Å². The number of fused-ring (bicyclic) bond motifs is 2. The number of ether oxygens (including phenoxy) is 1. The molecule has 1 N–H and O–H groups in total. The van der Waals surface area contributed by atoms with Gasteiger partial charge in [-0.1, -0.05) is 88.4 Å². The minimum atomic E-state index is -0.515. The van der Waals surface area contributed by atoms with Crippen molar-refractivity contribution in [2.45, 2.75) is 77.7 Å². The second kappa shape index (κ2) is 11.8. The fraction of sp³-hybridized carbons (Fsp3) is 0.378. The lowest BCUT2D eigenvalue weighted by atomic mass is 9.91. The Morgan fingerprint density at radius 2 is 1.33 bits per heavy atom. The number of hydrogen-bond donors (Lipinski definition) is 1. The Morgan fingerprint density at radius 3 is 1.88 bits per heavy atom. The smallest absolute Gasteiger partial charge is 0.414 e. The maximum absolute atomic E-state index is 12.7. The van der Waals surface area contributed by atoms with Crippen LogP contribution in [-0.4, -0.2) is 34.8 Å². The average Bonchev–Trinajstić information content (AvgIpc) is 3.40. The summed E-state index contributed by atoms with van der Waals surface area (Å²) in [4.78, 5) is 23.7. The highest BCUT2D eigenvalue weighted by Crippen LogP contribution is 2.40. The zero-order chi connectivity index (χ0) is 30.8. The molecule has 0 saturated heterocycles. The molecular formula is C37H44N4O2. The maximum Gasteiger partial charge on any atom is 0.414 e. The van der Waals surface area contributed by atoms with Crippen LogP contribution in [0.2, 0.25) is 0 Å². The van der Waals surface area contributed by atoms with E-state index in [1.807, 2.05) is 51.4 Å². The molecule has 0 aliphatic carbocycles. The van der Waals surface area contributed by atoms with Gasteiger partial charge in [0.2, 0.25) is 0 Å². The molecule has 0 radical (unpaired) electrons. The summed E-state index contributed by atoms with van der Waals surface area (Å²) in [6.07, 6.45) is 5.37. The molecule has 0 bridgehead atoms. The molecule has 2 aliphatic heterocycles. The number of anilines is 2. The van der Waals surface area contributed by atoms with Gasteiger partial charge in [0.25, 0.3) is 0 Å². The van der Waals surface area contributed by atoms with Crippen LogP contribution in [0, 0.1) is 0 Å². The number of benzene rings is 2. The number of rotatable bonds is 4. The van der Waals surface area contributed by atoms with Crippen molar-refractivity contribution in [3.8, 4) is 0 Å². The number of nitrogens with one attached hydrogen (secondary N) is 1. The normalized spacial score (nSPS) is 15.9. The van der Waals surface area contributed by atoms with Gasteiger partial charge >= 0.3 is 6.09 Å². The number of hydrogen-bond acceptors (Lipinski definition) is 5. The van der Waals surface area contributed by atoms with Crippen LogP contribution in [0.25, 0.3) is 0 Å². The van der Waals surface area contributed by atoms with E-state index in [0.717, 1.165) is 36.3 Å². The van der Waals surface area contributed by atoms with Gasteiger partial charge in [0.15, 0.2) is 0 Å². The second-order valence-electron chi connectivity index (χ2n) is 14.0. The molecule has 6 nitrogen and oxygen atoms in total. The van der Waals surface area contributed by atoms with Crippen molar-refractivity contribution in [2.75, 3.05) is 23.3 Å². The maximum atomic E-state index is 12.7. The summed E-state index contributed by atoms with van der Waals surface area (Å²) in [5.41, 5.74) is 8.59. The van der Waals surface area contributed by atoms with Crippen LogP contribution in [0.1, 0.15) is 82.1 Å². The third kappa shape index (κ3) is 7.24. The van der Waals surface area contributed by atoms with Gasteiger partial charge in [0.05, 0.1) is 22.8 Å². The highest BCUT2D eigenvalue weighted by atomic mass is 16.6. The molecule has 0 saturated carbocycles. The highest BCUT2D eigenvalue weighted by molar-refractivity contribution is 5.91. The van der Waals surface area contributed by atoms with Crippen LogP contribution >= 0.6 is 0 Å². The van der Waals surface area contributed by atoms with Gasteiger partial charge in [-0.05, 0) is 68.0 Å². The summed E-state index contributed by atoms with van der Waals surface area (Å²) in [5.74, 6) is 0. The fourth-order valence-electron chi connectivity index (χ4n) is 5.70. The molecule has 4 aromatic rings. The van der Waals surface area contributed by atoms with Gasteiger partial charge in [-0.25, -0.2) is 4.79 Å². The first kappa shape index (κ1) is 30.3. The van der Waals surface area contributed by atoms with Crippen LogP contribution in [0.15, 0.2) is 85.2 Å². The summed E-state index contributed by atoms with van der Waals surface area (Å²) in [6.45, 7) is 15.9. The van der Waals surface area contributed by atoms with E-state index in [0.29, 0.717) is 6.54 Å². The lowest BCUT2D eigenvalue weighted by Gasteiger charge is -2.25. The lowest BCUT2D eigenvalue weighted by molar-refractivity contribution is 0.0579. The molecule has 6 heteroatoms. The first-order chi connectivity index (χ1) is 20.3. The third-order valence-corrected chi connectivity index (χ3v) is 7.83. The Balaban J connectivity index is 0.000000180. The van der Waals surface area contributed by atoms with E-state index in [9.17, 15) is 4.79 Å². The van der Waals surface area contributed by atoms with E-state index in [1.54, 1.807) is 4.90 Å². The summed E-state index contributed by atoms with van der Waals surface area (Å²) >= 11 is 0. The molecule has 1 amide bonds. The van der Waals surface area contributed by atoms with Gasteiger partial charge in [-0.2, -0.15) is 0 Å². The molecule has 43 heavy (non-hydrogen) atoms. The molecule has 2 aromatic heterocycles. The molecule has 4 heterocycles. The Bertz CT molecular complexity index is 1570. The van der Waals surface area contributed by atoms with Crippen LogP contribution in [0.3, 0.4) is 0 Å². The topological polar surface area (TPSA) is 67.3 Å². The zero-order valence-electron chi connectivity index (χ0n) is 26.6. The summed E-state index contributed by atoms with van der Waals surface area (Å²) in [5, 5.41) is 3.45. The van der Waals surface area contributed by atoms with E-state index < -0.39 is 5.60 Å². The zero-order valence-corrected chi connectivity index (χ0v) is 26.6. The minimum absolute atomic E-state index is 0.153. The standard InChI is InChI=1S/C21H26N2O2.C16H18N2/c1-20(2,3)25-19(24)23-14-21(4,5)18-17(23)12-16(13-22-18)11-15-9-7-6-8-10-15;1-16(2)11-18-14-9-13(10-17-15(14)16)8-12-6-4-3-5-7-12/h6-10,12-13H,11,14H2,1-5H3;3-7,9-10,18H,8,11H2,1-2H3. The summed E-state index contributed by atoms with van der Waals surface area (Å²) < 4.78 is 5.59. The van der Waals surface area contributed by atoms with Crippen molar-refractivity contribution in [1.29, 1.82) is 0 Å². The van der Waals surface area contributed by atoms with Crippen LogP contribution in [-0.2, 0) is 28.4 Å². The number of carbonyl (C=O) groups is 1. The second-order valence-corrected chi connectivity index (χ2v) is 14.0. The molecule has 2 aliphatic rings. The average molecular weight is 577 g/mol. The molecular weight excluding hydrogens is 532 g/mol. The van der Waals surface area contributed by atoms with Gasteiger partial charge in [0, 0.05) is 36.3 Å². The van der Waals surface area contributed by atoms with Gasteiger partial charge in [-0.15, -0.1) is 0 Å². The SMILES string of the molecule is CC(C)(C)OC(=O)N1CC(C)(C)c2ncc(Cc3ccccc3)cc21.CC1(C)CNc2cc(Cc3ccccc3)cnc21. The Morgan fingerprint density at radius 1 is 0.791 bits per heavy atom. The van der Waals surface area contributed by atoms with Gasteiger partial charge in [-0.3, -0.25) is 14.9 Å². The molecule has 0 fully saturated rings. The molecule has 0 unspecified atom stereocenters. The third-order valence-electron chi connectivity index (χ3n) is 7.83. The van der Waals surface area contributed by atoms with E-state index in [1.165, 1.54) is 28.1 Å². The summed E-state index contributed by atoms with van der Waals surface area (Å²) in [7, 11) is 0. The van der Waals surface area contributed by atoms with E-state index in [2.05, 4.69) is 97.6 Å². The predicted octanol–water partition coefficient (Wildman–Crippen LogP) is 8.08. The molecule has 6 rings (SSSR count). The molecule has 0 spiro atoms. The van der Waals surface area contributed by atoms with Crippen molar-refractivity contribution in [2.24, 2.45) is 0 Å². The van der Waals surface area contributed by atoms with Gasteiger partial charge < -0.3 is 10.1 Å². The number of pyridine rings is 2. The van der Waals surface area contributed by atoms with E-state index >= 15 is 0 Å². The van der Waals surface area contributed by atoms with E-state index in [-0.39, 0.29) is 16.9 Å². The number of nitrogens with zero attached hydrogens (tertiary/aromatic N) is 3. The molecule has 224 valence electrons. The summed E-state index contributed by atoms with van der Waals surface area (Å²) in [6, 6.07) is 25.1. The molecule has 2 aromatic carbocycles. The molecule has 0 atom stereocenters. The first-order valence-corrected chi connectivity index (χ1v) is 15.1. The highest BCUT2D eigenvalue weighted by Gasteiger charge is 2.41. The monoisotopic (exact) mass is 576 g/mol. The van der Waals surface area contributed by atoms with Crippen LogP contribution in [0.5, 0.6) is 0 Å². The Kier molecular flexibility index (Phi) is 8.33. The lowest BCUT2D eigenvalue weighted by Crippen LogP contribution is -2.38. The van der Waals surface area contributed by atoms with Crippen molar-refractivity contribution < 1.29 is 9.53 Å². The largest absolute Gasteiger partial charge is 0.443 e. The first-order valence-electron chi connectivity index (χ1n) is 15.1. The fourth-order valence-corrected chi connectivity index (χ4v) is 5.70. The van der Waals surface area contributed by atoms with Crippen LogP contribution < -0.4 is 10.2 Å². The minimum Gasteiger partial charge on any atom is -0.443 e. The number of aromatic nitrogens is 2. The van der Waals surface area contributed by atoms with Crippen molar-refractivity contribution in [3.05, 3.63) is 119 Å². The quantitative estimate of drug-likeness (QED) is 0.266. The Hall–Kier alpha value is -4.19. The Labute approximate surface area is 256 Å². The van der Waals surface area contributed by atoms with Crippen LogP contribution in [0.4, 0.5) is 16.2 Å². The number of carbonyl (C=O) groups excluding carboxylic acids is 1. The van der Waals surface area contributed by atoms with E-state index in [4.69, 9.17) is 4.74 Å².